The van der Waals surface area contributed by atoms with Gasteiger partial charge in [0.2, 0.25) is 0 Å². The van der Waals surface area contributed by atoms with E-state index >= 15 is 0 Å². The van der Waals surface area contributed by atoms with Gasteiger partial charge in [-0.05, 0) is 13.2 Å². The molecule has 0 aliphatic carbocycles. The molecule has 0 amide bonds. The largest absolute Gasteiger partial charge is 0.363 e. The van der Waals surface area contributed by atoms with Crippen molar-refractivity contribution in [3.05, 3.63) is 24.3 Å². The van der Waals surface area contributed by atoms with Crippen LogP contribution in [0, 0.1) is 0 Å². The fraction of sp³-hybridized carbons (Fsp3) is 0.500. The summed E-state index contributed by atoms with van der Waals surface area (Å²) in [6.45, 7) is 4.62. The summed E-state index contributed by atoms with van der Waals surface area (Å²) in [6.07, 6.45) is 4.02. The molecule has 1 rings (SSSR count). The molecular formula is C8H13BN2. The van der Waals surface area contributed by atoms with E-state index in [1.807, 2.05) is 25.1 Å². The van der Waals surface area contributed by atoms with Crippen LogP contribution in [0.25, 0.3) is 0 Å². The first-order chi connectivity index (χ1) is 5.16. The summed E-state index contributed by atoms with van der Waals surface area (Å²) in [4.78, 5) is 4.16. The molecule has 1 aliphatic rings. The van der Waals surface area contributed by atoms with E-state index in [4.69, 9.17) is 7.85 Å². The molecule has 0 N–H and O–H groups in total. The van der Waals surface area contributed by atoms with Crippen molar-refractivity contribution in [1.29, 1.82) is 0 Å². The summed E-state index contributed by atoms with van der Waals surface area (Å²) in [5.41, 5.74) is 0.912. The van der Waals surface area contributed by atoms with Crippen molar-refractivity contribution >= 4 is 7.85 Å². The van der Waals surface area contributed by atoms with Crippen LogP contribution < -0.4 is 0 Å². The first kappa shape index (κ1) is 8.40. The van der Waals surface area contributed by atoms with Crippen molar-refractivity contribution < 1.29 is 0 Å². The van der Waals surface area contributed by atoms with Gasteiger partial charge < -0.3 is 4.90 Å². The smallest absolute Gasteiger partial charge is 0.112 e. The van der Waals surface area contributed by atoms with Gasteiger partial charge in [-0.2, -0.15) is 0 Å². The SMILES string of the molecule is [B]C1=CCN(C)C1N(C)C=C. The summed E-state index contributed by atoms with van der Waals surface area (Å²) in [5.74, 6) is 0. The summed E-state index contributed by atoms with van der Waals surface area (Å²) in [6, 6.07) is 0. The normalized spacial score (nSPS) is 24.9. The van der Waals surface area contributed by atoms with Gasteiger partial charge in [0.05, 0.1) is 6.17 Å². The monoisotopic (exact) mass is 148 g/mol. The third kappa shape index (κ3) is 1.48. The predicted molar refractivity (Wildman–Crippen MR) is 48.2 cm³/mol. The third-order valence-electron chi connectivity index (χ3n) is 2.00. The van der Waals surface area contributed by atoms with E-state index in [1.54, 1.807) is 6.20 Å². The maximum atomic E-state index is 5.78. The molecule has 0 bridgehead atoms. The molecule has 0 aromatic carbocycles. The number of likely N-dealkylation sites (N-methyl/N-ethyl adjacent to an activating group) is 2. The average molecular weight is 148 g/mol. The van der Waals surface area contributed by atoms with Crippen molar-refractivity contribution in [2.75, 3.05) is 20.6 Å². The van der Waals surface area contributed by atoms with Crippen LogP contribution in [-0.4, -0.2) is 44.5 Å². The first-order valence-electron chi connectivity index (χ1n) is 3.67. The zero-order valence-corrected chi connectivity index (χ0v) is 7.12. The molecule has 1 heterocycles. The van der Waals surface area contributed by atoms with Gasteiger partial charge in [0, 0.05) is 13.6 Å². The van der Waals surface area contributed by atoms with Crippen molar-refractivity contribution in [3.63, 3.8) is 0 Å². The zero-order chi connectivity index (χ0) is 8.43. The molecule has 0 spiro atoms. The number of nitrogens with zero attached hydrogens (tertiary/aromatic N) is 2. The Kier molecular flexibility index (Phi) is 2.40. The lowest BCUT2D eigenvalue weighted by Gasteiger charge is -2.30. The molecule has 1 unspecified atom stereocenters. The highest BCUT2D eigenvalue weighted by molar-refractivity contribution is 6.22. The van der Waals surface area contributed by atoms with Gasteiger partial charge in [0.1, 0.15) is 7.85 Å². The Morgan fingerprint density at radius 1 is 1.91 bits per heavy atom. The fourth-order valence-corrected chi connectivity index (χ4v) is 1.36. The first-order valence-corrected chi connectivity index (χ1v) is 3.67. The molecular weight excluding hydrogens is 135 g/mol. The van der Waals surface area contributed by atoms with Gasteiger partial charge in [-0.15, -0.1) is 0 Å². The fourth-order valence-electron chi connectivity index (χ4n) is 1.36. The van der Waals surface area contributed by atoms with E-state index in [-0.39, 0.29) is 6.17 Å². The number of rotatable bonds is 2. The maximum Gasteiger partial charge on any atom is 0.112 e. The van der Waals surface area contributed by atoms with Crippen LogP contribution in [0.3, 0.4) is 0 Å². The van der Waals surface area contributed by atoms with E-state index in [0.29, 0.717) is 0 Å². The van der Waals surface area contributed by atoms with Crippen LogP contribution in [0.1, 0.15) is 0 Å². The van der Waals surface area contributed by atoms with Crippen LogP contribution in [0.4, 0.5) is 0 Å². The van der Waals surface area contributed by atoms with Crippen LogP contribution >= 0.6 is 0 Å². The zero-order valence-electron chi connectivity index (χ0n) is 7.12. The Labute approximate surface area is 69.6 Å². The predicted octanol–water partition coefficient (Wildman–Crippen LogP) is 0.386. The van der Waals surface area contributed by atoms with Crippen LogP contribution in [0.5, 0.6) is 0 Å². The van der Waals surface area contributed by atoms with Gasteiger partial charge in [0.15, 0.2) is 0 Å². The highest BCUT2D eigenvalue weighted by atomic mass is 15.3. The van der Waals surface area contributed by atoms with Gasteiger partial charge >= 0.3 is 0 Å². The van der Waals surface area contributed by atoms with Gasteiger partial charge in [-0.1, -0.05) is 18.1 Å². The van der Waals surface area contributed by atoms with Crippen molar-refractivity contribution in [1.82, 2.24) is 9.80 Å². The average Bonchev–Trinajstić information content (AvgIpc) is 2.30. The quantitative estimate of drug-likeness (QED) is 0.522. The highest BCUT2D eigenvalue weighted by Crippen LogP contribution is 2.16. The maximum absolute atomic E-state index is 5.78. The minimum Gasteiger partial charge on any atom is -0.363 e. The molecule has 1 atom stereocenters. The molecule has 0 saturated carbocycles. The van der Waals surface area contributed by atoms with E-state index in [9.17, 15) is 0 Å². The Morgan fingerprint density at radius 3 is 2.91 bits per heavy atom. The van der Waals surface area contributed by atoms with Gasteiger partial charge in [-0.25, -0.2) is 0 Å². The number of hydrogen-bond donors (Lipinski definition) is 0. The van der Waals surface area contributed by atoms with E-state index < -0.39 is 0 Å². The molecule has 0 saturated heterocycles. The Morgan fingerprint density at radius 2 is 2.55 bits per heavy atom. The summed E-state index contributed by atoms with van der Waals surface area (Å²) < 4.78 is 0. The van der Waals surface area contributed by atoms with Crippen LogP contribution in [0.15, 0.2) is 24.3 Å². The molecule has 0 fully saturated rings. The molecule has 58 valence electrons. The molecule has 0 aromatic rings. The lowest BCUT2D eigenvalue weighted by molar-refractivity contribution is 0.189. The Bertz CT molecular complexity index is 189. The van der Waals surface area contributed by atoms with E-state index in [1.165, 1.54) is 0 Å². The van der Waals surface area contributed by atoms with Crippen LogP contribution in [-0.2, 0) is 0 Å². The standard InChI is InChI=1S/C8H13BN2/c1-4-10(2)8-7(9)5-6-11(8)3/h4-5,8H,1,6H2,2-3H3. The summed E-state index contributed by atoms with van der Waals surface area (Å²) >= 11 is 0. The second kappa shape index (κ2) is 3.14. The van der Waals surface area contributed by atoms with Gasteiger partial charge in [-0.3, -0.25) is 4.90 Å². The molecule has 1 aliphatic heterocycles. The summed E-state index contributed by atoms with van der Waals surface area (Å²) in [5, 5.41) is 0. The Balaban J connectivity index is 2.69. The Hall–Kier alpha value is -0.695. The second-order valence-electron chi connectivity index (χ2n) is 2.87. The second-order valence-corrected chi connectivity index (χ2v) is 2.87. The number of hydrogen-bond acceptors (Lipinski definition) is 2. The lowest BCUT2D eigenvalue weighted by Crippen LogP contribution is -2.39. The topological polar surface area (TPSA) is 6.48 Å². The lowest BCUT2D eigenvalue weighted by atomic mass is 9.93. The molecule has 2 radical (unpaired) electrons. The minimum absolute atomic E-state index is 0.201. The molecule has 0 aromatic heterocycles. The van der Waals surface area contributed by atoms with Crippen LogP contribution in [0.2, 0.25) is 0 Å². The van der Waals surface area contributed by atoms with Gasteiger partial charge in [0.25, 0.3) is 0 Å². The third-order valence-corrected chi connectivity index (χ3v) is 2.00. The minimum atomic E-state index is 0.201. The summed E-state index contributed by atoms with van der Waals surface area (Å²) in [7, 11) is 9.79. The molecule has 3 heteroatoms. The van der Waals surface area contributed by atoms with Crippen molar-refractivity contribution in [3.8, 4) is 0 Å². The van der Waals surface area contributed by atoms with E-state index in [0.717, 1.165) is 12.0 Å². The van der Waals surface area contributed by atoms with E-state index in [2.05, 4.69) is 11.5 Å². The molecule has 11 heavy (non-hydrogen) atoms. The van der Waals surface area contributed by atoms with Crippen molar-refractivity contribution in [2.24, 2.45) is 0 Å². The molecule has 2 nitrogen and oxygen atoms in total. The highest BCUT2D eigenvalue weighted by Gasteiger charge is 2.22. The van der Waals surface area contributed by atoms with Crippen molar-refractivity contribution in [2.45, 2.75) is 6.17 Å².